The van der Waals surface area contributed by atoms with Gasteiger partial charge in [0, 0.05) is 46.3 Å². The first kappa shape index (κ1) is 24.5. The van der Waals surface area contributed by atoms with E-state index in [1.165, 1.54) is 38.9 Å². The smallest absolute Gasteiger partial charge is 0.178 e. The maximum atomic E-state index is 7.43. The van der Waals surface area contributed by atoms with Gasteiger partial charge in [0.25, 0.3) is 0 Å². The van der Waals surface area contributed by atoms with Crippen LogP contribution in [-0.2, 0) is 15.8 Å². The topological polar surface area (TPSA) is 21.7 Å². The highest BCUT2D eigenvalue weighted by atomic mass is 16.5. The van der Waals surface area contributed by atoms with Gasteiger partial charge in [0.15, 0.2) is 5.60 Å². The molecule has 202 valence electrons. The van der Waals surface area contributed by atoms with Gasteiger partial charge in [-0.1, -0.05) is 111 Å². The molecule has 0 radical (unpaired) electrons. The average Bonchev–Trinajstić information content (AvgIpc) is 3.29. The summed E-state index contributed by atoms with van der Waals surface area (Å²) < 4.78 is 13.1. The first-order valence-electron chi connectivity index (χ1n) is 14.6. The third kappa shape index (κ3) is 3.55. The summed E-state index contributed by atoms with van der Waals surface area (Å²) in [6.07, 6.45) is 4.61. The number of rotatable bonds is 3. The van der Waals surface area contributed by atoms with E-state index in [0.29, 0.717) is 0 Å². The van der Waals surface area contributed by atoms with Gasteiger partial charge >= 0.3 is 0 Å². The number of ether oxygens (including phenoxy) is 2. The fourth-order valence-electron chi connectivity index (χ4n) is 7.31. The molecule has 0 amide bonds. The molecule has 3 aliphatic rings. The second-order valence-electron chi connectivity index (χ2n) is 11.9. The van der Waals surface area contributed by atoms with Gasteiger partial charge in [-0.2, -0.15) is 0 Å². The van der Waals surface area contributed by atoms with Crippen molar-refractivity contribution in [3.63, 3.8) is 0 Å². The first-order valence-corrected chi connectivity index (χ1v) is 14.6. The maximum absolute atomic E-state index is 7.43. The van der Waals surface area contributed by atoms with Crippen LogP contribution < -0.4 is 9.64 Å². The van der Waals surface area contributed by atoms with Crippen LogP contribution in [0.3, 0.4) is 0 Å². The summed E-state index contributed by atoms with van der Waals surface area (Å²) in [5, 5.41) is 2.41. The third-order valence-electron chi connectivity index (χ3n) is 9.31. The number of hydrogen-bond acceptors (Lipinski definition) is 3. The van der Waals surface area contributed by atoms with E-state index in [1.54, 1.807) is 0 Å². The summed E-state index contributed by atoms with van der Waals surface area (Å²) in [6.45, 7) is 8.02. The van der Waals surface area contributed by atoms with Crippen LogP contribution in [0.1, 0.15) is 41.7 Å². The fraction of sp³-hybridized carbons (Fsp3) is 0.211. The van der Waals surface area contributed by atoms with E-state index in [-0.39, 0.29) is 5.41 Å². The van der Waals surface area contributed by atoms with E-state index < -0.39 is 5.60 Å². The van der Waals surface area contributed by atoms with Crippen LogP contribution in [0.25, 0.3) is 28.0 Å². The zero-order valence-corrected chi connectivity index (χ0v) is 23.6. The molecule has 0 unspecified atom stereocenters. The standard InChI is InChI=1S/C38H33NO2/c1-37(2)33-16-10-9-15-30(33)34-29-18-17-28(39-21-23-40-24-22-39)25-32(29)36-31(35(34)37)19-20-38(41-36,26-11-5-3-6-12-26)27-13-7-4-8-14-27/h3-20,25H,21-24H2,1-2H3. The molecule has 2 heterocycles. The van der Waals surface area contributed by atoms with Gasteiger partial charge in [-0.3, -0.25) is 0 Å². The molecule has 0 aromatic heterocycles. The van der Waals surface area contributed by atoms with Gasteiger partial charge < -0.3 is 14.4 Å². The lowest BCUT2D eigenvalue weighted by Gasteiger charge is -2.38. The van der Waals surface area contributed by atoms with Gasteiger partial charge in [-0.15, -0.1) is 0 Å². The van der Waals surface area contributed by atoms with Crippen LogP contribution in [-0.4, -0.2) is 26.3 Å². The van der Waals surface area contributed by atoms with Crippen molar-refractivity contribution in [2.75, 3.05) is 31.2 Å². The van der Waals surface area contributed by atoms with Gasteiger partial charge in [0.1, 0.15) is 5.75 Å². The Morgan fingerprint density at radius 3 is 2.07 bits per heavy atom. The Bertz CT molecular complexity index is 1780. The Kier molecular flexibility index (Phi) is 5.42. The Labute approximate surface area is 241 Å². The van der Waals surface area contributed by atoms with Crippen molar-refractivity contribution >= 4 is 22.5 Å². The Hall–Kier alpha value is -4.34. The molecule has 5 aromatic carbocycles. The molecule has 3 heteroatoms. The Morgan fingerprint density at radius 2 is 1.37 bits per heavy atom. The number of fused-ring (bicyclic) bond motifs is 8. The SMILES string of the molecule is CC1(C)c2ccccc2-c2c1c1c(c3cc(N4CCOCC4)ccc23)OC(c2ccccc2)(c2ccccc2)C=C1. The first-order chi connectivity index (χ1) is 20.1. The van der Waals surface area contributed by atoms with E-state index in [1.807, 2.05) is 0 Å². The molecule has 0 N–H and O–H groups in total. The molecule has 2 aliphatic heterocycles. The van der Waals surface area contributed by atoms with E-state index >= 15 is 0 Å². The summed E-state index contributed by atoms with van der Waals surface area (Å²) in [6, 6.07) is 37.1. The lowest BCUT2D eigenvalue weighted by atomic mass is 9.77. The molecule has 1 fully saturated rings. The van der Waals surface area contributed by atoms with Crippen LogP contribution in [0, 0.1) is 0 Å². The quantitative estimate of drug-likeness (QED) is 0.232. The van der Waals surface area contributed by atoms with E-state index in [4.69, 9.17) is 9.47 Å². The van der Waals surface area contributed by atoms with Crippen LogP contribution >= 0.6 is 0 Å². The molecule has 41 heavy (non-hydrogen) atoms. The van der Waals surface area contributed by atoms with Gasteiger partial charge in [-0.05, 0) is 45.8 Å². The Morgan fingerprint density at radius 1 is 0.707 bits per heavy atom. The van der Waals surface area contributed by atoms with Gasteiger partial charge in [0.2, 0.25) is 0 Å². The number of anilines is 1. The largest absolute Gasteiger partial charge is 0.472 e. The normalized spacial score (nSPS) is 18.0. The monoisotopic (exact) mass is 535 g/mol. The summed E-state index contributed by atoms with van der Waals surface area (Å²) in [7, 11) is 0. The predicted molar refractivity (Wildman–Crippen MR) is 168 cm³/mol. The summed E-state index contributed by atoms with van der Waals surface area (Å²) in [4.78, 5) is 2.43. The summed E-state index contributed by atoms with van der Waals surface area (Å²) >= 11 is 0. The van der Waals surface area contributed by atoms with Crippen LogP contribution in [0.4, 0.5) is 5.69 Å². The number of morpholine rings is 1. The van der Waals surface area contributed by atoms with E-state index in [0.717, 1.165) is 48.6 Å². The molecule has 1 saturated heterocycles. The van der Waals surface area contributed by atoms with Gasteiger partial charge in [0.05, 0.1) is 13.2 Å². The Balaban J connectivity index is 1.44. The summed E-state index contributed by atoms with van der Waals surface area (Å²) in [5.41, 5.74) is 9.16. The zero-order valence-electron chi connectivity index (χ0n) is 23.6. The van der Waals surface area contributed by atoms with Crippen molar-refractivity contribution in [3.8, 4) is 16.9 Å². The molecule has 5 aromatic rings. The van der Waals surface area contributed by atoms with Crippen LogP contribution in [0.5, 0.6) is 5.75 Å². The highest BCUT2D eigenvalue weighted by Crippen LogP contribution is 2.58. The minimum Gasteiger partial charge on any atom is -0.472 e. The molecule has 0 spiro atoms. The van der Waals surface area contributed by atoms with E-state index in [9.17, 15) is 0 Å². The van der Waals surface area contributed by atoms with Crippen LogP contribution in [0.2, 0.25) is 0 Å². The minimum atomic E-state index is -0.735. The van der Waals surface area contributed by atoms with Crippen molar-refractivity contribution in [1.29, 1.82) is 0 Å². The van der Waals surface area contributed by atoms with Crippen LogP contribution in [0.15, 0.2) is 109 Å². The second-order valence-corrected chi connectivity index (χ2v) is 11.9. The number of hydrogen-bond donors (Lipinski definition) is 0. The number of benzene rings is 5. The molecular formula is C38H33NO2. The minimum absolute atomic E-state index is 0.153. The highest BCUT2D eigenvalue weighted by molar-refractivity contribution is 6.09. The second kappa shape index (κ2) is 9.09. The van der Waals surface area contributed by atoms with Crippen molar-refractivity contribution < 1.29 is 9.47 Å². The summed E-state index contributed by atoms with van der Waals surface area (Å²) in [5.74, 6) is 0.963. The van der Waals surface area contributed by atoms with Crippen molar-refractivity contribution in [3.05, 3.63) is 137 Å². The molecule has 0 saturated carbocycles. The lowest BCUT2D eigenvalue weighted by Crippen LogP contribution is -2.36. The molecule has 1 aliphatic carbocycles. The van der Waals surface area contributed by atoms with E-state index in [2.05, 4.69) is 134 Å². The molecule has 0 bridgehead atoms. The molecule has 8 rings (SSSR count). The predicted octanol–water partition coefficient (Wildman–Crippen LogP) is 8.33. The van der Waals surface area contributed by atoms with Crippen molar-refractivity contribution in [2.45, 2.75) is 24.9 Å². The van der Waals surface area contributed by atoms with Crippen molar-refractivity contribution in [1.82, 2.24) is 0 Å². The molecule has 3 nitrogen and oxygen atoms in total. The maximum Gasteiger partial charge on any atom is 0.178 e. The van der Waals surface area contributed by atoms with Gasteiger partial charge in [-0.25, -0.2) is 0 Å². The molecular weight excluding hydrogens is 502 g/mol. The molecule has 0 atom stereocenters. The average molecular weight is 536 g/mol. The number of nitrogens with zero attached hydrogens (tertiary/aromatic N) is 1. The fourth-order valence-corrected chi connectivity index (χ4v) is 7.31. The third-order valence-corrected chi connectivity index (χ3v) is 9.31. The van der Waals surface area contributed by atoms with Crippen molar-refractivity contribution in [2.24, 2.45) is 0 Å². The zero-order chi connectivity index (χ0) is 27.6. The lowest BCUT2D eigenvalue weighted by molar-refractivity contribution is 0.122. The highest BCUT2D eigenvalue weighted by Gasteiger charge is 2.44.